The Balaban J connectivity index is 1.57. The quantitative estimate of drug-likeness (QED) is 0.500. The minimum absolute atomic E-state index is 0.0137. The summed E-state index contributed by atoms with van der Waals surface area (Å²) in [6.45, 7) is 0. The number of carbonyl (C=O) groups excluding carboxylic acids is 2. The molecule has 0 saturated heterocycles. The van der Waals surface area contributed by atoms with Crippen molar-refractivity contribution in [2.75, 3.05) is 0 Å². The zero-order valence-corrected chi connectivity index (χ0v) is 16.0. The Kier molecular flexibility index (Phi) is 5.52. The smallest absolute Gasteiger partial charge is 0.251 e. The van der Waals surface area contributed by atoms with Crippen molar-refractivity contribution in [3.05, 3.63) is 108 Å². The molecule has 0 saturated carbocycles. The summed E-state index contributed by atoms with van der Waals surface area (Å²) in [4.78, 5) is 29.1. The number of nitrogens with one attached hydrogen (secondary N) is 2. The van der Waals surface area contributed by atoms with Crippen LogP contribution < -0.4 is 5.32 Å². The number of carbonyl (C=O) groups is 2. The van der Waals surface area contributed by atoms with Gasteiger partial charge in [-0.3, -0.25) is 9.59 Å². The molecule has 1 atom stereocenters. The van der Waals surface area contributed by atoms with Crippen LogP contribution in [0.15, 0.2) is 91.1 Å². The average Bonchev–Trinajstić information content (AvgIpc) is 3.24. The Morgan fingerprint density at radius 1 is 0.828 bits per heavy atom. The normalized spacial score (nSPS) is 11.9. The maximum atomic E-state index is 13.2. The lowest BCUT2D eigenvalue weighted by molar-refractivity contribution is -0.120. The Hall–Kier alpha value is -3.66. The van der Waals surface area contributed by atoms with Crippen molar-refractivity contribution in [2.24, 2.45) is 0 Å². The first kappa shape index (κ1) is 18.7. The van der Waals surface area contributed by atoms with Crippen molar-refractivity contribution in [1.82, 2.24) is 10.3 Å². The maximum absolute atomic E-state index is 13.2. The molecule has 29 heavy (non-hydrogen) atoms. The van der Waals surface area contributed by atoms with Gasteiger partial charge in [0.2, 0.25) is 0 Å². The number of hydrogen-bond donors (Lipinski definition) is 2. The highest BCUT2D eigenvalue weighted by atomic mass is 16.2. The lowest BCUT2D eigenvalue weighted by Gasteiger charge is -2.18. The minimum Gasteiger partial charge on any atom is -0.361 e. The third-order valence-corrected chi connectivity index (χ3v) is 5.05. The summed E-state index contributed by atoms with van der Waals surface area (Å²) >= 11 is 0. The number of rotatable bonds is 7. The molecule has 1 aromatic heterocycles. The molecule has 0 bridgehead atoms. The van der Waals surface area contributed by atoms with E-state index in [1.54, 1.807) is 12.1 Å². The van der Waals surface area contributed by atoms with Crippen molar-refractivity contribution >= 4 is 22.6 Å². The van der Waals surface area contributed by atoms with Crippen molar-refractivity contribution in [1.29, 1.82) is 0 Å². The molecule has 3 aromatic carbocycles. The highest BCUT2D eigenvalue weighted by Crippen LogP contribution is 2.18. The standard InChI is InChI=1S/C25H22N2O2/c28-23(17-21-13-7-12-19-14-15-26-24(19)21)22(16-18-8-3-1-4-9-18)27-25(29)20-10-5-2-6-11-20/h1-15,22,26H,16-17H2,(H,27,29). The predicted octanol–water partition coefficient (Wildman–Crippen LogP) is 4.32. The molecule has 0 radical (unpaired) electrons. The molecule has 1 amide bonds. The lowest BCUT2D eigenvalue weighted by Crippen LogP contribution is -2.43. The van der Waals surface area contributed by atoms with Gasteiger partial charge in [-0.25, -0.2) is 0 Å². The van der Waals surface area contributed by atoms with E-state index in [1.807, 2.05) is 79.0 Å². The molecule has 0 aliphatic carbocycles. The first-order chi connectivity index (χ1) is 14.2. The molecule has 4 rings (SSSR count). The summed E-state index contributed by atoms with van der Waals surface area (Å²) in [5, 5.41) is 4.02. The summed E-state index contributed by atoms with van der Waals surface area (Å²) in [6, 6.07) is 26.1. The second-order valence-corrected chi connectivity index (χ2v) is 7.08. The van der Waals surface area contributed by atoms with Gasteiger partial charge in [-0.15, -0.1) is 0 Å². The summed E-state index contributed by atoms with van der Waals surface area (Å²) in [5.41, 5.74) is 3.46. The Morgan fingerprint density at radius 2 is 1.55 bits per heavy atom. The molecule has 0 aliphatic rings. The zero-order valence-electron chi connectivity index (χ0n) is 16.0. The average molecular weight is 382 g/mol. The molecule has 2 N–H and O–H groups in total. The number of hydrogen-bond acceptors (Lipinski definition) is 2. The van der Waals surface area contributed by atoms with Crippen molar-refractivity contribution < 1.29 is 9.59 Å². The minimum atomic E-state index is -0.602. The summed E-state index contributed by atoms with van der Waals surface area (Å²) in [6.07, 6.45) is 2.58. The number of aromatic amines is 1. The van der Waals surface area contributed by atoms with Crippen LogP contribution in [0.4, 0.5) is 0 Å². The summed E-state index contributed by atoms with van der Waals surface area (Å²) < 4.78 is 0. The van der Waals surface area contributed by atoms with Gasteiger partial charge in [0.25, 0.3) is 5.91 Å². The predicted molar refractivity (Wildman–Crippen MR) is 115 cm³/mol. The Morgan fingerprint density at radius 3 is 2.31 bits per heavy atom. The zero-order chi connectivity index (χ0) is 20.1. The van der Waals surface area contributed by atoms with Crippen molar-refractivity contribution in [2.45, 2.75) is 18.9 Å². The van der Waals surface area contributed by atoms with E-state index in [0.717, 1.165) is 22.0 Å². The van der Waals surface area contributed by atoms with Gasteiger partial charge >= 0.3 is 0 Å². The van der Waals surface area contributed by atoms with E-state index in [2.05, 4.69) is 10.3 Å². The van der Waals surface area contributed by atoms with Gasteiger partial charge < -0.3 is 10.3 Å². The van der Waals surface area contributed by atoms with Gasteiger partial charge in [-0.1, -0.05) is 66.7 Å². The second-order valence-electron chi connectivity index (χ2n) is 7.08. The fourth-order valence-corrected chi connectivity index (χ4v) is 3.53. The van der Waals surface area contributed by atoms with E-state index in [1.165, 1.54) is 0 Å². The van der Waals surface area contributed by atoms with Crippen LogP contribution in [-0.4, -0.2) is 22.7 Å². The van der Waals surface area contributed by atoms with E-state index >= 15 is 0 Å². The largest absolute Gasteiger partial charge is 0.361 e. The molecule has 4 heteroatoms. The SMILES string of the molecule is O=C(NC(Cc1ccccc1)C(=O)Cc1cccc2cc[nH]c12)c1ccccc1. The third kappa shape index (κ3) is 4.43. The molecule has 1 unspecified atom stereocenters. The molecule has 0 spiro atoms. The number of benzene rings is 3. The number of Topliss-reactive ketones (excluding diaryl/α,β-unsaturated/α-hetero) is 1. The van der Waals surface area contributed by atoms with E-state index in [9.17, 15) is 9.59 Å². The fourth-order valence-electron chi connectivity index (χ4n) is 3.53. The second kappa shape index (κ2) is 8.57. The van der Waals surface area contributed by atoms with E-state index in [0.29, 0.717) is 12.0 Å². The highest BCUT2D eigenvalue weighted by molar-refractivity contribution is 5.99. The monoisotopic (exact) mass is 382 g/mol. The van der Waals surface area contributed by atoms with E-state index in [4.69, 9.17) is 0 Å². The van der Waals surface area contributed by atoms with Crippen LogP contribution in [0.5, 0.6) is 0 Å². The first-order valence-corrected chi connectivity index (χ1v) is 9.68. The molecule has 0 fully saturated rings. The number of para-hydroxylation sites is 1. The maximum Gasteiger partial charge on any atom is 0.251 e. The topological polar surface area (TPSA) is 62.0 Å². The van der Waals surface area contributed by atoms with Crippen LogP contribution in [0.2, 0.25) is 0 Å². The van der Waals surface area contributed by atoms with Gasteiger partial charge in [0.1, 0.15) is 0 Å². The fraction of sp³-hybridized carbons (Fsp3) is 0.120. The Labute approximate surface area is 169 Å². The Bertz CT molecular complexity index is 1120. The van der Waals surface area contributed by atoms with Crippen LogP contribution in [0, 0.1) is 0 Å². The summed E-state index contributed by atoms with van der Waals surface area (Å²) in [5.74, 6) is -0.252. The number of fused-ring (bicyclic) bond motifs is 1. The van der Waals surface area contributed by atoms with Gasteiger partial charge in [-0.05, 0) is 41.1 Å². The number of ketones is 1. The highest BCUT2D eigenvalue weighted by Gasteiger charge is 2.22. The number of amides is 1. The van der Waals surface area contributed by atoms with Crippen LogP contribution in [0.1, 0.15) is 21.5 Å². The number of aromatic nitrogens is 1. The van der Waals surface area contributed by atoms with E-state index in [-0.39, 0.29) is 18.1 Å². The molecule has 1 heterocycles. The van der Waals surface area contributed by atoms with Gasteiger partial charge in [0.15, 0.2) is 5.78 Å². The summed E-state index contributed by atoms with van der Waals surface area (Å²) in [7, 11) is 0. The molecule has 0 aliphatic heterocycles. The van der Waals surface area contributed by atoms with Crippen LogP contribution in [-0.2, 0) is 17.6 Å². The molecular weight excluding hydrogens is 360 g/mol. The van der Waals surface area contributed by atoms with Crippen LogP contribution in [0.25, 0.3) is 10.9 Å². The molecule has 4 aromatic rings. The lowest BCUT2D eigenvalue weighted by atomic mass is 9.96. The van der Waals surface area contributed by atoms with Gasteiger partial charge in [0.05, 0.1) is 6.04 Å². The van der Waals surface area contributed by atoms with E-state index < -0.39 is 6.04 Å². The van der Waals surface area contributed by atoms with Crippen LogP contribution >= 0.6 is 0 Å². The number of H-pyrrole nitrogens is 1. The third-order valence-electron chi connectivity index (χ3n) is 5.05. The molecule has 144 valence electrons. The van der Waals surface area contributed by atoms with Crippen LogP contribution in [0.3, 0.4) is 0 Å². The van der Waals surface area contributed by atoms with Gasteiger partial charge in [0, 0.05) is 23.7 Å². The van der Waals surface area contributed by atoms with Crippen molar-refractivity contribution in [3.63, 3.8) is 0 Å². The first-order valence-electron chi connectivity index (χ1n) is 9.68. The van der Waals surface area contributed by atoms with Crippen molar-refractivity contribution in [3.8, 4) is 0 Å². The molecular formula is C25H22N2O2. The van der Waals surface area contributed by atoms with Gasteiger partial charge in [-0.2, -0.15) is 0 Å². The molecule has 4 nitrogen and oxygen atoms in total.